The lowest BCUT2D eigenvalue weighted by Gasteiger charge is -2.13. The number of aliphatic hydroxyl groups excluding tert-OH is 1. The minimum Gasteiger partial charge on any atom is -0.393 e. The highest BCUT2D eigenvalue weighted by Gasteiger charge is 2.17. The van der Waals surface area contributed by atoms with E-state index < -0.39 is 0 Å². The van der Waals surface area contributed by atoms with Crippen LogP contribution in [0.25, 0.3) is 0 Å². The lowest BCUT2D eigenvalue weighted by atomic mass is 10.0. The molecule has 1 N–H and O–H groups in total. The maximum atomic E-state index is 9.91. The van der Waals surface area contributed by atoms with Crippen LogP contribution in [0, 0.1) is 0 Å². The first-order chi connectivity index (χ1) is 8.25. The Morgan fingerprint density at radius 3 is 3.12 bits per heavy atom. The second-order valence-corrected chi connectivity index (χ2v) is 4.85. The summed E-state index contributed by atoms with van der Waals surface area (Å²) in [5, 5.41) is 14.0. The Morgan fingerprint density at radius 1 is 1.59 bits per heavy atom. The van der Waals surface area contributed by atoms with Gasteiger partial charge in [0.05, 0.1) is 12.2 Å². The van der Waals surface area contributed by atoms with Crippen LogP contribution in [0.15, 0.2) is 12.3 Å². The van der Waals surface area contributed by atoms with Crippen LogP contribution in [-0.2, 0) is 18.2 Å². The van der Waals surface area contributed by atoms with Gasteiger partial charge in [0.25, 0.3) is 0 Å². The molecule has 0 saturated carbocycles. The molecular formula is C13H22N2O2. The van der Waals surface area contributed by atoms with Crippen molar-refractivity contribution < 1.29 is 9.84 Å². The van der Waals surface area contributed by atoms with E-state index in [0.29, 0.717) is 6.10 Å². The molecular weight excluding hydrogens is 216 g/mol. The van der Waals surface area contributed by atoms with Gasteiger partial charge in [-0.15, -0.1) is 0 Å². The van der Waals surface area contributed by atoms with E-state index in [1.165, 1.54) is 12.1 Å². The lowest BCUT2D eigenvalue weighted by Crippen LogP contribution is -2.14. The molecule has 1 aromatic rings. The quantitative estimate of drug-likeness (QED) is 0.820. The van der Waals surface area contributed by atoms with E-state index >= 15 is 0 Å². The summed E-state index contributed by atoms with van der Waals surface area (Å²) in [6.07, 6.45) is 7.86. The van der Waals surface area contributed by atoms with Gasteiger partial charge in [0.2, 0.25) is 0 Å². The molecule has 0 radical (unpaired) electrons. The van der Waals surface area contributed by atoms with Crippen LogP contribution in [0.1, 0.15) is 37.8 Å². The fourth-order valence-corrected chi connectivity index (χ4v) is 2.36. The second kappa shape index (κ2) is 6.17. The molecule has 17 heavy (non-hydrogen) atoms. The van der Waals surface area contributed by atoms with Gasteiger partial charge in [0.15, 0.2) is 0 Å². The van der Waals surface area contributed by atoms with Crippen molar-refractivity contribution in [3.8, 4) is 0 Å². The van der Waals surface area contributed by atoms with Crippen molar-refractivity contribution >= 4 is 0 Å². The number of rotatable bonds is 6. The Hall–Kier alpha value is -0.870. The number of aromatic nitrogens is 2. The molecule has 2 rings (SSSR count). The predicted molar refractivity (Wildman–Crippen MR) is 65.7 cm³/mol. The van der Waals surface area contributed by atoms with Gasteiger partial charge in [0, 0.05) is 25.5 Å². The molecule has 2 heterocycles. The monoisotopic (exact) mass is 238 g/mol. The molecule has 1 aliphatic rings. The van der Waals surface area contributed by atoms with Crippen LogP contribution in [0.5, 0.6) is 0 Å². The average molecular weight is 238 g/mol. The molecule has 0 aromatic carbocycles. The summed E-state index contributed by atoms with van der Waals surface area (Å²) in [5.41, 5.74) is 1.18. The molecule has 0 spiro atoms. The molecule has 1 fully saturated rings. The highest BCUT2D eigenvalue weighted by Crippen LogP contribution is 2.18. The Bertz CT molecular complexity index is 332. The van der Waals surface area contributed by atoms with Crippen LogP contribution in [-0.4, -0.2) is 33.7 Å². The summed E-state index contributed by atoms with van der Waals surface area (Å²) in [6.45, 7) is 0.899. The zero-order chi connectivity index (χ0) is 12.1. The van der Waals surface area contributed by atoms with E-state index in [4.69, 9.17) is 4.74 Å². The SMILES string of the molecule is Cn1nccc1CCC(O)CCC1CCCO1. The van der Waals surface area contributed by atoms with Crippen molar-refractivity contribution in [2.24, 2.45) is 7.05 Å². The summed E-state index contributed by atoms with van der Waals surface area (Å²) < 4.78 is 7.42. The summed E-state index contributed by atoms with van der Waals surface area (Å²) in [6, 6.07) is 2.01. The number of hydrogen-bond donors (Lipinski definition) is 1. The lowest BCUT2D eigenvalue weighted by molar-refractivity contribution is 0.0789. The molecule has 0 bridgehead atoms. The van der Waals surface area contributed by atoms with Crippen molar-refractivity contribution in [1.82, 2.24) is 9.78 Å². The maximum absolute atomic E-state index is 9.91. The highest BCUT2D eigenvalue weighted by molar-refractivity contribution is 5.00. The van der Waals surface area contributed by atoms with E-state index in [-0.39, 0.29) is 6.10 Å². The first kappa shape index (κ1) is 12.6. The minimum atomic E-state index is -0.214. The van der Waals surface area contributed by atoms with Crippen LogP contribution < -0.4 is 0 Å². The van der Waals surface area contributed by atoms with Crippen molar-refractivity contribution in [2.45, 2.75) is 50.7 Å². The van der Waals surface area contributed by atoms with Gasteiger partial charge in [-0.1, -0.05) is 0 Å². The van der Waals surface area contributed by atoms with E-state index in [9.17, 15) is 5.11 Å². The molecule has 1 aromatic heterocycles. The third-order valence-electron chi connectivity index (χ3n) is 3.50. The van der Waals surface area contributed by atoms with Crippen LogP contribution >= 0.6 is 0 Å². The van der Waals surface area contributed by atoms with Crippen LogP contribution in [0.2, 0.25) is 0 Å². The highest BCUT2D eigenvalue weighted by atomic mass is 16.5. The molecule has 4 heteroatoms. The molecule has 4 nitrogen and oxygen atoms in total. The van der Waals surface area contributed by atoms with E-state index in [1.807, 2.05) is 17.8 Å². The van der Waals surface area contributed by atoms with Crippen molar-refractivity contribution in [3.05, 3.63) is 18.0 Å². The predicted octanol–water partition coefficient (Wildman–Crippen LogP) is 1.67. The Kier molecular flexibility index (Phi) is 4.57. The summed E-state index contributed by atoms with van der Waals surface area (Å²) >= 11 is 0. The molecule has 96 valence electrons. The van der Waals surface area contributed by atoms with E-state index in [2.05, 4.69) is 5.10 Å². The van der Waals surface area contributed by atoms with Gasteiger partial charge in [0.1, 0.15) is 0 Å². The molecule has 0 aliphatic carbocycles. The van der Waals surface area contributed by atoms with Gasteiger partial charge in [-0.05, 0) is 44.6 Å². The van der Waals surface area contributed by atoms with Gasteiger partial charge >= 0.3 is 0 Å². The number of nitrogens with zero attached hydrogens (tertiary/aromatic N) is 2. The summed E-state index contributed by atoms with van der Waals surface area (Å²) in [5.74, 6) is 0. The number of aryl methyl sites for hydroxylation is 2. The average Bonchev–Trinajstić information content (AvgIpc) is 2.95. The van der Waals surface area contributed by atoms with Crippen molar-refractivity contribution in [2.75, 3.05) is 6.61 Å². The number of ether oxygens (including phenoxy) is 1. The number of hydrogen-bond acceptors (Lipinski definition) is 3. The van der Waals surface area contributed by atoms with E-state index in [0.717, 1.165) is 38.7 Å². The van der Waals surface area contributed by atoms with Gasteiger partial charge in [-0.2, -0.15) is 5.10 Å². The third kappa shape index (κ3) is 3.82. The fraction of sp³-hybridized carbons (Fsp3) is 0.769. The Morgan fingerprint density at radius 2 is 2.47 bits per heavy atom. The van der Waals surface area contributed by atoms with Gasteiger partial charge in [-0.25, -0.2) is 0 Å². The normalized spacial score (nSPS) is 21.9. The first-order valence-corrected chi connectivity index (χ1v) is 6.52. The Labute approximate surface area is 103 Å². The first-order valence-electron chi connectivity index (χ1n) is 6.52. The topological polar surface area (TPSA) is 47.3 Å². The third-order valence-corrected chi connectivity index (χ3v) is 3.50. The smallest absolute Gasteiger partial charge is 0.0577 e. The van der Waals surface area contributed by atoms with E-state index in [1.54, 1.807) is 6.20 Å². The fourth-order valence-electron chi connectivity index (χ4n) is 2.36. The van der Waals surface area contributed by atoms with Gasteiger partial charge in [-0.3, -0.25) is 4.68 Å². The molecule has 1 saturated heterocycles. The Balaban J connectivity index is 1.63. The largest absolute Gasteiger partial charge is 0.393 e. The summed E-state index contributed by atoms with van der Waals surface area (Å²) in [7, 11) is 1.94. The maximum Gasteiger partial charge on any atom is 0.0577 e. The minimum absolute atomic E-state index is 0.214. The summed E-state index contributed by atoms with van der Waals surface area (Å²) in [4.78, 5) is 0. The van der Waals surface area contributed by atoms with Crippen LogP contribution in [0.3, 0.4) is 0 Å². The van der Waals surface area contributed by atoms with Gasteiger partial charge < -0.3 is 9.84 Å². The molecule has 2 unspecified atom stereocenters. The zero-order valence-corrected chi connectivity index (χ0v) is 10.5. The second-order valence-electron chi connectivity index (χ2n) is 4.85. The zero-order valence-electron chi connectivity index (χ0n) is 10.5. The van der Waals surface area contributed by atoms with Crippen molar-refractivity contribution in [1.29, 1.82) is 0 Å². The van der Waals surface area contributed by atoms with Crippen LogP contribution in [0.4, 0.5) is 0 Å². The number of aliphatic hydroxyl groups is 1. The standard InChI is InChI=1S/C13H22N2O2/c1-15-11(8-9-14-15)4-5-12(16)6-7-13-3-2-10-17-13/h8-9,12-13,16H,2-7,10H2,1H3. The molecule has 0 amide bonds. The molecule has 2 atom stereocenters. The molecule has 1 aliphatic heterocycles. The van der Waals surface area contributed by atoms with Crippen molar-refractivity contribution in [3.63, 3.8) is 0 Å².